The third kappa shape index (κ3) is 4.10. The molecule has 0 spiro atoms. The van der Waals surface area contributed by atoms with Gasteiger partial charge in [0.1, 0.15) is 6.54 Å². The van der Waals surface area contributed by atoms with Crippen LogP contribution in [0.4, 0.5) is 10.8 Å². The molecule has 4 rings (SSSR count). The Kier molecular flexibility index (Phi) is 5.38. The molecular formula is C21H18N4O5S. The molecule has 2 aromatic heterocycles. The van der Waals surface area contributed by atoms with E-state index >= 15 is 0 Å². The molecule has 31 heavy (non-hydrogen) atoms. The summed E-state index contributed by atoms with van der Waals surface area (Å²) in [6.45, 7) is 3.81. The van der Waals surface area contributed by atoms with Gasteiger partial charge in [-0.25, -0.2) is 9.78 Å². The third-order valence-electron chi connectivity index (χ3n) is 4.64. The van der Waals surface area contributed by atoms with E-state index in [2.05, 4.69) is 24.1 Å². The number of nitrogens with one attached hydrogen (secondary N) is 1. The van der Waals surface area contributed by atoms with E-state index in [0.717, 1.165) is 26.8 Å². The Morgan fingerprint density at radius 3 is 2.68 bits per heavy atom. The van der Waals surface area contributed by atoms with Crippen molar-refractivity contribution in [2.24, 2.45) is 0 Å². The predicted octanol–water partition coefficient (Wildman–Crippen LogP) is 4.39. The highest BCUT2D eigenvalue weighted by Crippen LogP contribution is 2.36. The summed E-state index contributed by atoms with van der Waals surface area (Å²) in [5.41, 5.74) is 1.93. The van der Waals surface area contributed by atoms with Crippen molar-refractivity contribution in [2.45, 2.75) is 26.3 Å². The molecule has 0 aliphatic carbocycles. The number of non-ortho nitro benzene ring substituents is 1. The average Bonchev–Trinajstić information content (AvgIpc) is 3.29. The molecule has 1 amide bonds. The Morgan fingerprint density at radius 2 is 2.00 bits per heavy atom. The van der Waals surface area contributed by atoms with Crippen LogP contribution in [0.3, 0.4) is 0 Å². The maximum atomic E-state index is 12.6. The van der Waals surface area contributed by atoms with E-state index in [4.69, 9.17) is 4.42 Å². The first kappa shape index (κ1) is 20.5. The van der Waals surface area contributed by atoms with Crippen molar-refractivity contribution >= 4 is 39.2 Å². The SMILES string of the molecule is CC(C)c1sc(NC(=O)Cn2c(=O)oc3cc([N+](=O)[O-])ccc32)nc1-c1ccccc1. The quantitative estimate of drug-likeness (QED) is 0.352. The van der Waals surface area contributed by atoms with Crippen molar-refractivity contribution in [3.63, 3.8) is 0 Å². The molecular weight excluding hydrogens is 420 g/mol. The second kappa shape index (κ2) is 8.15. The molecule has 0 bridgehead atoms. The van der Waals surface area contributed by atoms with Crippen molar-refractivity contribution in [1.82, 2.24) is 9.55 Å². The molecule has 1 N–H and O–H groups in total. The van der Waals surface area contributed by atoms with Crippen molar-refractivity contribution in [1.29, 1.82) is 0 Å². The van der Waals surface area contributed by atoms with Gasteiger partial charge in [-0.2, -0.15) is 0 Å². The van der Waals surface area contributed by atoms with Crippen LogP contribution in [0.25, 0.3) is 22.4 Å². The number of carbonyl (C=O) groups is 1. The molecule has 0 saturated heterocycles. The number of aromatic nitrogens is 2. The second-order valence-electron chi connectivity index (χ2n) is 7.16. The van der Waals surface area contributed by atoms with Gasteiger partial charge >= 0.3 is 5.76 Å². The summed E-state index contributed by atoms with van der Waals surface area (Å²) in [7, 11) is 0. The predicted molar refractivity (Wildman–Crippen MR) is 117 cm³/mol. The van der Waals surface area contributed by atoms with Crippen LogP contribution >= 0.6 is 11.3 Å². The fraction of sp³-hybridized carbons (Fsp3) is 0.190. The molecule has 2 heterocycles. The minimum Gasteiger partial charge on any atom is -0.407 e. The van der Waals surface area contributed by atoms with E-state index in [-0.39, 0.29) is 23.7 Å². The number of benzene rings is 2. The number of amides is 1. The fourth-order valence-electron chi connectivity index (χ4n) is 3.20. The number of nitro groups is 1. The van der Waals surface area contributed by atoms with E-state index in [1.807, 2.05) is 30.3 Å². The number of thiazole rings is 1. The van der Waals surface area contributed by atoms with Crippen LogP contribution in [0, 0.1) is 10.1 Å². The summed E-state index contributed by atoms with van der Waals surface area (Å²) in [5, 5.41) is 14.1. The van der Waals surface area contributed by atoms with Crippen LogP contribution in [0.5, 0.6) is 0 Å². The molecule has 2 aromatic carbocycles. The minimum atomic E-state index is -0.766. The Labute approximate surface area is 180 Å². The van der Waals surface area contributed by atoms with Gasteiger partial charge in [0.25, 0.3) is 5.69 Å². The number of hydrogen-bond acceptors (Lipinski definition) is 7. The molecule has 9 nitrogen and oxygen atoms in total. The molecule has 0 fully saturated rings. The summed E-state index contributed by atoms with van der Waals surface area (Å²) < 4.78 is 6.19. The van der Waals surface area contributed by atoms with E-state index in [9.17, 15) is 19.7 Å². The van der Waals surface area contributed by atoms with Gasteiger partial charge < -0.3 is 9.73 Å². The summed E-state index contributed by atoms with van der Waals surface area (Å²) in [4.78, 5) is 40.8. The molecule has 4 aromatic rings. The lowest BCUT2D eigenvalue weighted by molar-refractivity contribution is -0.384. The number of fused-ring (bicyclic) bond motifs is 1. The standard InChI is InChI=1S/C21H18N4O5S/c1-12(2)19-18(13-6-4-3-5-7-13)23-20(31-19)22-17(26)11-24-15-9-8-14(25(28)29)10-16(15)30-21(24)27/h3-10,12H,11H2,1-2H3,(H,22,23,26). The van der Waals surface area contributed by atoms with Gasteiger partial charge in [0.2, 0.25) is 5.91 Å². The van der Waals surface area contributed by atoms with Crippen molar-refractivity contribution in [3.8, 4) is 11.3 Å². The Balaban J connectivity index is 1.59. The lowest BCUT2D eigenvalue weighted by Gasteiger charge is -2.04. The Morgan fingerprint density at radius 1 is 1.26 bits per heavy atom. The average molecular weight is 438 g/mol. The van der Waals surface area contributed by atoms with Gasteiger partial charge in [0.05, 0.1) is 22.2 Å². The number of rotatable bonds is 6. The van der Waals surface area contributed by atoms with Gasteiger partial charge in [-0.05, 0) is 12.0 Å². The third-order valence-corrected chi connectivity index (χ3v) is 5.91. The zero-order valence-electron chi connectivity index (χ0n) is 16.7. The molecule has 158 valence electrons. The largest absolute Gasteiger partial charge is 0.420 e. The van der Waals surface area contributed by atoms with Gasteiger partial charge in [0, 0.05) is 16.5 Å². The number of nitro benzene ring substituents is 1. The first-order valence-electron chi connectivity index (χ1n) is 9.47. The molecule has 0 radical (unpaired) electrons. The summed E-state index contributed by atoms with van der Waals surface area (Å²) in [6.07, 6.45) is 0. The molecule has 0 atom stereocenters. The van der Waals surface area contributed by atoms with Gasteiger partial charge in [-0.1, -0.05) is 44.2 Å². The molecule has 0 aliphatic rings. The number of oxazole rings is 1. The summed E-state index contributed by atoms with van der Waals surface area (Å²) in [5.74, 6) is -1.00. The summed E-state index contributed by atoms with van der Waals surface area (Å²) >= 11 is 1.39. The van der Waals surface area contributed by atoms with Crippen LogP contribution < -0.4 is 11.1 Å². The second-order valence-corrected chi connectivity index (χ2v) is 8.19. The van der Waals surface area contributed by atoms with Gasteiger partial charge in [-0.3, -0.25) is 19.5 Å². The number of carbonyl (C=O) groups excluding carboxylic acids is 1. The normalized spacial score (nSPS) is 11.2. The first-order valence-corrected chi connectivity index (χ1v) is 10.3. The van der Waals surface area contributed by atoms with E-state index < -0.39 is 16.6 Å². The van der Waals surface area contributed by atoms with Crippen LogP contribution in [0.1, 0.15) is 24.6 Å². The Hall–Kier alpha value is -3.79. The topological polar surface area (TPSA) is 120 Å². The van der Waals surface area contributed by atoms with E-state index in [1.165, 1.54) is 23.5 Å². The fourth-order valence-corrected chi connectivity index (χ4v) is 4.21. The van der Waals surface area contributed by atoms with Crippen LogP contribution in [0.2, 0.25) is 0 Å². The lowest BCUT2D eigenvalue weighted by atomic mass is 10.1. The van der Waals surface area contributed by atoms with Crippen LogP contribution in [-0.2, 0) is 11.3 Å². The minimum absolute atomic E-state index is 0.0507. The number of nitrogens with zero attached hydrogens (tertiary/aromatic N) is 3. The van der Waals surface area contributed by atoms with Crippen LogP contribution in [-0.4, -0.2) is 20.4 Å². The van der Waals surface area contributed by atoms with Crippen molar-refractivity contribution in [3.05, 3.63) is 74.1 Å². The van der Waals surface area contributed by atoms with Gasteiger partial charge in [0.15, 0.2) is 10.7 Å². The number of hydrogen-bond donors (Lipinski definition) is 1. The highest BCUT2D eigenvalue weighted by molar-refractivity contribution is 7.16. The Bertz CT molecular complexity index is 1340. The highest BCUT2D eigenvalue weighted by atomic mass is 32.1. The zero-order valence-corrected chi connectivity index (χ0v) is 17.5. The summed E-state index contributed by atoms with van der Waals surface area (Å²) in [6, 6.07) is 13.5. The van der Waals surface area contributed by atoms with Gasteiger partial charge in [-0.15, -0.1) is 11.3 Å². The number of anilines is 1. The van der Waals surface area contributed by atoms with Crippen molar-refractivity contribution in [2.75, 3.05) is 5.32 Å². The highest BCUT2D eigenvalue weighted by Gasteiger charge is 2.19. The molecule has 0 unspecified atom stereocenters. The molecule has 10 heteroatoms. The zero-order chi connectivity index (χ0) is 22.1. The monoisotopic (exact) mass is 438 g/mol. The smallest absolute Gasteiger partial charge is 0.407 e. The van der Waals surface area contributed by atoms with Crippen LogP contribution in [0.15, 0.2) is 57.7 Å². The maximum absolute atomic E-state index is 12.6. The lowest BCUT2D eigenvalue weighted by Crippen LogP contribution is -2.24. The molecule has 0 saturated carbocycles. The van der Waals surface area contributed by atoms with Crippen molar-refractivity contribution < 1.29 is 14.1 Å². The van der Waals surface area contributed by atoms with E-state index in [1.54, 1.807) is 0 Å². The molecule has 0 aliphatic heterocycles. The first-order chi connectivity index (χ1) is 14.8. The maximum Gasteiger partial charge on any atom is 0.420 e. The van der Waals surface area contributed by atoms with E-state index in [0.29, 0.717) is 10.6 Å².